The molecule has 0 spiro atoms. The summed E-state index contributed by atoms with van der Waals surface area (Å²) in [6.45, 7) is 10.5. The van der Waals surface area contributed by atoms with Gasteiger partial charge in [0.2, 0.25) is 0 Å². The maximum Gasteiger partial charge on any atom is 0.737 e. The molecule has 6 rings (SSSR count). The van der Waals surface area contributed by atoms with E-state index in [9.17, 15) is 4.79 Å². The van der Waals surface area contributed by atoms with Crippen LogP contribution in [0.2, 0.25) is 0 Å². The normalized spacial score (nSPS) is 14.0. The number of esters is 1. The summed E-state index contributed by atoms with van der Waals surface area (Å²) in [5.74, 6) is 18.6. The second-order valence-corrected chi connectivity index (χ2v) is 15.6. The highest BCUT2D eigenvalue weighted by molar-refractivity contribution is 6.58. The van der Waals surface area contributed by atoms with Crippen LogP contribution in [0.5, 0.6) is 0 Å². The first-order chi connectivity index (χ1) is 29.3. The molecule has 2 aliphatic rings. The zero-order valence-electron chi connectivity index (χ0n) is 35.9. The van der Waals surface area contributed by atoms with E-state index in [-0.39, 0.29) is 19.8 Å². The molecule has 0 N–H and O–H groups in total. The van der Waals surface area contributed by atoms with Gasteiger partial charge >= 0.3 is 12.9 Å². The van der Waals surface area contributed by atoms with Crippen LogP contribution in [0.4, 0.5) is 8.63 Å². The van der Waals surface area contributed by atoms with Gasteiger partial charge in [-0.1, -0.05) is 84.1 Å². The quantitative estimate of drug-likeness (QED) is 0.0588. The smallest absolute Gasteiger partial charge is 0.458 e. The number of nitrogens with zero attached hydrogens (tertiary/aromatic N) is 2. The van der Waals surface area contributed by atoms with E-state index in [0.717, 1.165) is 22.3 Å². The van der Waals surface area contributed by atoms with Crippen LogP contribution >= 0.6 is 0 Å². The molecule has 0 bridgehead atoms. The molecule has 0 saturated carbocycles. The summed E-state index contributed by atoms with van der Waals surface area (Å²) < 4.78 is 63.9. The number of carbonyl (C=O) groups excluding carboxylic acids is 1. The second-order valence-electron chi connectivity index (χ2n) is 15.6. The minimum absolute atomic E-state index is 0.115. The van der Waals surface area contributed by atoms with Crippen LogP contribution in [-0.4, -0.2) is 86.1 Å². The van der Waals surface area contributed by atoms with Crippen molar-refractivity contribution in [3.63, 3.8) is 0 Å². The first-order valence-electron chi connectivity index (χ1n) is 20.4. The Morgan fingerprint density at radius 3 is 1.82 bits per heavy atom. The third kappa shape index (κ3) is 10.9. The molecule has 0 amide bonds. The van der Waals surface area contributed by atoms with E-state index < -0.39 is 18.5 Å². The van der Waals surface area contributed by atoms with Crippen molar-refractivity contribution in [2.45, 2.75) is 54.1 Å². The number of ether oxygens (including phenoxy) is 5. The molecule has 1 aromatic heterocycles. The standard InChI is InChI=1S/C50H51BF2N2O6/c1-36-44(26-22-40-15-10-8-11-16-40)38(3)54-48(36)47(49-37(2)45(39(4)55(49)51(54,52)53)27-23-41-17-12-9-13-18-41)43-24-20-42(21-25-43)19-14-28-57-29-30-58-31-32-59-33-34-60-35-46(56)61-50(5,6)7/h8-13,15-18,20-21,24-25H,28-35H2,1-7H3. The van der Waals surface area contributed by atoms with Gasteiger partial charge in [-0.15, -0.1) is 0 Å². The van der Waals surface area contributed by atoms with Crippen molar-refractivity contribution >= 4 is 24.2 Å². The highest BCUT2D eigenvalue weighted by atomic mass is 19.2. The first kappa shape index (κ1) is 44.6. The molecule has 3 heterocycles. The van der Waals surface area contributed by atoms with Crippen molar-refractivity contribution in [2.24, 2.45) is 0 Å². The lowest BCUT2D eigenvalue weighted by Crippen LogP contribution is -2.51. The van der Waals surface area contributed by atoms with Gasteiger partial charge in [0.25, 0.3) is 0 Å². The summed E-state index contributed by atoms with van der Waals surface area (Å²) in [5, 5.41) is 0. The van der Waals surface area contributed by atoms with E-state index in [1.54, 1.807) is 34.6 Å². The van der Waals surface area contributed by atoms with Gasteiger partial charge in [0, 0.05) is 46.1 Å². The number of carbonyl (C=O) groups is 1. The third-order valence-corrected chi connectivity index (χ3v) is 10.0. The van der Waals surface area contributed by atoms with Crippen LogP contribution in [0, 0.1) is 49.4 Å². The fourth-order valence-electron chi connectivity index (χ4n) is 7.36. The highest BCUT2D eigenvalue weighted by Gasteiger charge is 2.57. The maximum absolute atomic E-state index is 17.2. The Kier molecular flexibility index (Phi) is 14.6. The number of aromatic nitrogens is 1. The van der Waals surface area contributed by atoms with Gasteiger partial charge < -0.3 is 41.3 Å². The topological polar surface area (TPSA) is 71.2 Å². The molecule has 8 nitrogen and oxygen atoms in total. The molecule has 0 unspecified atom stereocenters. The van der Waals surface area contributed by atoms with Gasteiger partial charge in [-0.25, -0.2) is 4.79 Å². The van der Waals surface area contributed by atoms with Crippen molar-refractivity contribution in [2.75, 3.05) is 52.9 Å². The Hall–Kier alpha value is -6.00. The molecule has 2 aliphatic heterocycles. The SMILES string of the molecule is CC1=C(C#Cc2ccccc2)C(C)=[N+]2C1=C(c1ccc(C#CCOCCOCCOCCOCC(=O)OC(C)(C)C)cc1)c1c(C)c(C#Cc3ccccc3)c(C)n1[B-]2(F)F. The highest BCUT2D eigenvalue weighted by Crippen LogP contribution is 2.46. The molecule has 3 aromatic carbocycles. The van der Waals surface area contributed by atoms with Gasteiger partial charge in [0.1, 0.15) is 24.5 Å². The molecule has 314 valence electrons. The number of rotatable bonds is 13. The Balaban J connectivity index is 1.15. The molecule has 11 heteroatoms. The molecule has 0 atom stereocenters. The summed E-state index contributed by atoms with van der Waals surface area (Å²) in [4.78, 5) is 11.7. The van der Waals surface area contributed by atoms with Crippen LogP contribution in [-0.2, 0) is 28.5 Å². The summed E-state index contributed by atoms with van der Waals surface area (Å²) in [6, 6.07) is 26.8. The average Bonchev–Trinajstić information content (AvgIpc) is 3.64. The molecular weight excluding hydrogens is 773 g/mol. The number of allylic oxidation sites excluding steroid dienone is 2. The molecule has 4 aromatic rings. The van der Waals surface area contributed by atoms with Crippen molar-refractivity contribution in [1.82, 2.24) is 4.48 Å². The van der Waals surface area contributed by atoms with Gasteiger partial charge in [-0.05, 0) is 89.1 Å². The summed E-state index contributed by atoms with van der Waals surface area (Å²) in [7, 11) is 0. The van der Waals surface area contributed by atoms with Crippen molar-refractivity contribution in [3.05, 3.63) is 147 Å². The van der Waals surface area contributed by atoms with Crippen molar-refractivity contribution in [1.29, 1.82) is 0 Å². The Labute approximate surface area is 358 Å². The monoisotopic (exact) mass is 824 g/mol. The lowest BCUT2D eigenvalue weighted by atomic mass is 9.83. The molecule has 0 fully saturated rings. The lowest BCUT2D eigenvalue weighted by Gasteiger charge is -2.33. The Bertz CT molecular complexity index is 2530. The van der Waals surface area contributed by atoms with E-state index in [0.29, 0.717) is 83.7 Å². The number of halogens is 2. The van der Waals surface area contributed by atoms with E-state index >= 15 is 8.63 Å². The number of fused-ring (bicyclic) bond motifs is 2. The van der Waals surface area contributed by atoms with Crippen LogP contribution in [0.1, 0.15) is 79.4 Å². The van der Waals surface area contributed by atoms with Gasteiger partial charge in [0.15, 0.2) is 5.70 Å². The van der Waals surface area contributed by atoms with Crippen LogP contribution < -0.4 is 0 Å². The predicted molar refractivity (Wildman–Crippen MR) is 235 cm³/mol. The zero-order valence-corrected chi connectivity index (χ0v) is 35.9. The summed E-state index contributed by atoms with van der Waals surface area (Å²) >= 11 is 0. The van der Waals surface area contributed by atoms with E-state index in [4.69, 9.17) is 23.7 Å². The summed E-state index contributed by atoms with van der Waals surface area (Å²) in [5.41, 5.74) is 7.56. The number of hydrogen-bond donors (Lipinski definition) is 0. The fraction of sp³-hybridized carbons (Fsp3) is 0.320. The molecule has 61 heavy (non-hydrogen) atoms. The van der Waals surface area contributed by atoms with Crippen molar-refractivity contribution < 1.29 is 41.6 Å². The first-order valence-corrected chi connectivity index (χ1v) is 20.4. The number of benzene rings is 3. The van der Waals surface area contributed by atoms with Gasteiger partial charge in [0.05, 0.1) is 50.8 Å². The second kappa shape index (κ2) is 20.0. The summed E-state index contributed by atoms with van der Waals surface area (Å²) in [6.07, 6.45) is 0. The largest absolute Gasteiger partial charge is 0.737 e. The van der Waals surface area contributed by atoms with E-state index in [1.807, 2.05) is 98.8 Å². The van der Waals surface area contributed by atoms with Crippen LogP contribution in [0.3, 0.4) is 0 Å². The third-order valence-electron chi connectivity index (χ3n) is 10.0. The lowest BCUT2D eigenvalue weighted by molar-refractivity contribution is -0.363. The predicted octanol–water partition coefficient (Wildman–Crippen LogP) is 8.12. The van der Waals surface area contributed by atoms with Crippen LogP contribution in [0.25, 0.3) is 5.57 Å². The molecular formula is C50H51BF2N2O6. The van der Waals surface area contributed by atoms with E-state index in [2.05, 4.69) is 35.5 Å². The minimum Gasteiger partial charge on any atom is -0.458 e. The van der Waals surface area contributed by atoms with Crippen LogP contribution in [0.15, 0.2) is 102 Å². The number of hydrogen-bond acceptors (Lipinski definition) is 6. The molecule has 0 saturated heterocycles. The minimum atomic E-state index is -4.32. The molecule has 0 aliphatic carbocycles. The van der Waals surface area contributed by atoms with Gasteiger partial charge in [-0.3, -0.25) is 0 Å². The average molecular weight is 825 g/mol. The van der Waals surface area contributed by atoms with Gasteiger partial charge in [-0.2, -0.15) is 0 Å². The maximum atomic E-state index is 17.2. The van der Waals surface area contributed by atoms with E-state index in [1.165, 1.54) is 8.96 Å². The molecule has 0 radical (unpaired) electrons. The zero-order chi connectivity index (χ0) is 43.6. The Morgan fingerprint density at radius 1 is 0.689 bits per heavy atom. The Morgan fingerprint density at radius 2 is 1.23 bits per heavy atom. The van der Waals surface area contributed by atoms with Crippen molar-refractivity contribution in [3.8, 4) is 35.5 Å². The fourth-order valence-corrected chi connectivity index (χ4v) is 7.36.